The van der Waals surface area contributed by atoms with Crippen LogP contribution in [0, 0.1) is 6.92 Å². The van der Waals surface area contributed by atoms with Crippen molar-refractivity contribution in [1.82, 2.24) is 4.31 Å². The molecule has 0 radical (unpaired) electrons. The Morgan fingerprint density at radius 2 is 1.58 bits per heavy atom. The average Bonchev–Trinajstić information content (AvgIpc) is 2.90. The molecule has 0 spiro atoms. The van der Waals surface area contributed by atoms with E-state index in [4.69, 9.17) is 0 Å². The lowest BCUT2D eigenvalue weighted by Crippen LogP contribution is -2.28. The third-order valence-corrected chi connectivity index (χ3v) is 6.77. The number of benzene rings is 3. The molecule has 0 fully saturated rings. The lowest BCUT2D eigenvalue weighted by molar-refractivity contribution is 0.370. The van der Waals surface area contributed by atoms with Crippen LogP contribution in [-0.4, -0.2) is 12.7 Å². The third kappa shape index (κ3) is 2.34. The Bertz CT molecular complexity index is 1020. The minimum Gasteiger partial charge on any atom is -0.207 e. The van der Waals surface area contributed by atoms with E-state index in [0.29, 0.717) is 11.4 Å². The highest BCUT2D eigenvalue weighted by atomic mass is 32.2. The van der Waals surface area contributed by atoms with Crippen molar-refractivity contribution < 1.29 is 8.42 Å². The van der Waals surface area contributed by atoms with E-state index < -0.39 is 10.0 Å². The summed E-state index contributed by atoms with van der Waals surface area (Å²) in [5.41, 5.74) is 3.25. The van der Waals surface area contributed by atoms with Crippen molar-refractivity contribution >= 4 is 20.8 Å². The highest BCUT2D eigenvalue weighted by molar-refractivity contribution is 7.89. The maximum absolute atomic E-state index is 13.0. The molecule has 4 heteroatoms. The van der Waals surface area contributed by atoms with Crippen molar-refractivity contribution in [1.29, 1.82) is 0 Å². The van der Waals surface area contributed by atoms with E-state index in [9.17, 15) is 8.42 Å². The van der Waals surface area contributed by atoms with Crippen LogP contribution in [0.3, 0.4) is 0 Å². The van der Waals surface area contributed by atoms with Gasteiger partial charge in [-0.25, -0.2) is 8.42 Å². The first-order valence-corrected chi connectivity index (χ1v) is 9.51. The summed E-state index contributed by atoms with van der Waals surface area (Å²) in [5.74, 6) is 0. The Labute approximate surface area is 142 Å². The monoisotopic (exact) mass is 337 g/mol. The molecule has 122 valence electrons. The molecule has 3 nitrogen and oxygen atoms in total. The molecule has 1 aliphatic heterocycles. The second-order valence-electron chi connectivity index (χ2n) is 6.44. The molecule has 24 heavy (non-hydrogen) atoms. The highest BCUT2D eigenvalue weighted by Gasteiger charge is 2.36. The molecule has 4 rings (SSSR count). The first kappa shape index (κ1) is 15.4. The Morgan fingerprint density at radius 3 is 2.25 bits per heavy atom. The van der Waals surface area contributed by atoms with Crippen LogP contribution in [0.2, 0.25) is 0 Å². The summed E-state index contributed by atoms with van der Waals surface area (Å²) >= 11 is 0. The highest BCUT2D eigenvalue weighted by Crippen LogP contribution is 2.39. The van der Waals surface area contributed by atoms with Gasteiger partial charge in [0.1, 0.15) is 0 Å². The van der Waals surface area contributed by atoms with Crippen molar-refractivity contribution in [3.05, 3.63) is 77.4 Å². The van der Waals surface area contributed by atoms with Crippen LogP contribution in [0.15, 0.2) is 65.6 Å². The predicted octanol–water partition coefficient (Wildman–Crippen LogP) is 4.41. The molecule has 0 aliphatic carbocycles. The molecular formula is C20H19NO2S. The summed E-state index contributed by atoms with van der Waals surface area (Å²) in [4.78, 5) is 0.359. The van der Waals surface area contributed by atoms with E-state index in [1.807, 2.05) is 38.1 Å². The summed E-state index contributed by atoms with van der Waals surface area (Å²) in [6.45, 7) is 4.35. The van der Waals surface area contributed by atoms with Gasteiger partial charge in [-0.3, -0.25) is 0 Å². The normalized spacial score (nSPS) is 18.0. The van der Waals surface area contributed by atoms with Crippen molar-refractivity contribution in [3.63, 3.8) is 0 Å². The molecule has 1 aliphatic rings. The maximum Gasteiger partial charge on any atom is 0.243 e. The summed E-state index contributed by atoms with van der Waals surface area (Å²) in [6, 6.07) is 19.3. The lowest BCUT2D eigenvalue weighted by Gasteiger charge is -2.21. The minimum atomic E-state index is -3.50. The van der Waals surface area contributed by atoms with Crippen LogP contribution >= 0.6 is 0 Å². The zero-order chi connectivity index (χ0) is 16.9. The van der Waals surface area contributed by atoms with Gasteiger partial charge in [-0.2, -0.15) is 4.31 Å². The average molecular weight is 337 g/mol. The fourth-order valence-corrected chi connectivity index (χ4v) is 5.02. The van der Waals surface area contributed by atoms with Gasteiger partial charge in [0.25, 0.3) is 0 Å². The number of nitrogens with zero attached hydrogens (tertiary/aromatic N) is 1. The number of sulfonamides is 1. The summed E-state index contributed by atoms with van der Waals surface area (Å²) in [7, 11) is -3.50. The molecule has 0 bridgehead atoms. The number of aryl methyl sites for hydroxylation is 1. The van der Waals surface area contributed by atoms with E-state index in [1.54, 1.807) is 16.4 Å². The first-order chi connectivity index (χ1) is 11.5. The second kappa shape index (κ2) is 5.43. The standard InChI is InChI=1S/C20H19NO2S/c1-14-7-9-19(10-8-14)24(22,23)21-13-18-11-16-5-3-4-6-17(16)12-20(18)15(21)2/h3-12,15H,13H2,1-2H3. The van der Waals surface area contributed by atoms with Gasteiger partial charge in [0.2, 0.25) is 10.0 Å². The van der Waals surface area contributed by atoms with E-state index in [1.165, 1.54) is 0 Å². The number of hydrogen-bond acceptors (Lipinski definition) is 2. The summed E-state index contributed by atoms with van der Waals surface area (Å²) in [5, 5.41) is 2.30. The molecule has 0 amide bonds. The van der Waals surface area contributed by atoms with Crippen molar-refractivity contribution in [2.24, 2.45) is 0 Å². The van der Waals surface area contributed by atoms with Crippen LogP contribution < -0.4 is 0 Å². The van der Waals surface area contributed by atoms with Gasteiger partial charge in [0.05, 0.1) is 4.90 Å². The number of hydrogen-bond donors (Lipinski definition) is 0. The van der Waals surface area contributed by atoms with Crippen molar-refractivity contribution in [2.75, 3.05) is 0 Å². The zero-order valence-corrected chi connectivity index (χ0v) is 14.5. The smallest absolute Gasteiger partial charge is 0.207 e. The molecule has 0 saturated carbocycles. The van der Waals surface area contributed by atoms with Gasteiger partial charge in [-0.15, -0.1) is 0 Å². The molecule has 3 aromatic rings. The van der Waals surface area contributed by atoms with Crippen LogP contribution in [0.5, 0.6) is 0 Å². The first-order valence-electron chi connectivity index (χ1n) is 8.07. The molecule has 1 unspecified atom stereocenters. The van der Waals surface area contributed by atoms with Crippen LogP contribution in [0.25, 0.3) is 10.8 Å². The van der Waals surface area contributed by atoms with Gasteiger partial charge in [0, 0.05) is 12.6 Å². The van der Waals surface area contributed by atoms with Crippen LogP contribution in [0.1, 0.15) is 29.7 Å². The molecule has 0 aromatic heterocycles. The quantitative estimate of drug-likeness (QED) is 0.694. The van der Waals surface area contributed by atoms with Gasteiger partial charge in [-0.05, 0) is 60.0 Å². The topological polar surface area (TPSA) is 37.4 Å². The van der Waals surface area contributed by atoms with E-state index in [2.05, 4.69) is 24.3 Å². The van der Waals surface area contributed by atoms with Crippen LogP contribution in [0.4, 0.5) is 0 Å². The Kier molecular flexibility index (Phi) is 3.48. The Balaban J connectivity index is 1.78. The summed E-state index contributed by atoms with van der Waals surface area (Å²) < 4.78 is 27.7. The zero-order valence-electron chi connectivity index (χ0n) is 13.7. The summed E-state index contributed by atoms with van der Waals surface area (Å²) in [6.07, 6.45) is 0. The van der Waals surface area contributed by atoms with Gasteiger partial charge in [0.15, 0.2) is 0 Å². The fourth-order valence-electron chi connectivity index (χ4n) is 3.43. The molecule has 3 aromatic carbocycles. The molecule has 1 heterocycles. The maximum atomic E-state index is 13.0. The third-order valence-electron chi connectivity index (χ3n) is 4.84. The van der Waals surface area contributed by atoms with Crippen LogP contribution in [-0.2, 0) is 16.6 Å². The van der Waals surface area contributed by atoms with Crippen molar-refractivity contribution in [2.45, 2.75) is 31.3 Å². The Hall–Kier alpha value is -2.17. The van der Waals surface area contributed by atoms with E-state index in [0.717, 1.165) is 27.5 Å². The van der Waals surface area contributed by atoms with Gasteiger partial charge in [-0.1, -0.05) is 42.0 Å². The SMILES string of the molecule is Cc1ccc(S(=O)(=O)N2Cc3cc4ccccc4cc3C2C)cc1. The Morgan fingerprint density at radius 1 is 0.958 bits per heavy atom. The predicted molar refractivity (Wildman–Crippen MR) is 96.3 cm³/mol. The van der Waals surface area contributed by atoms with Gasteiger partial charge < -0.3 is 0 Å². The molecule has 0 saturated heterocycles. The number of rotatable bonds is 2. The number of fused-ring (bicyclic) bond motifs is 2. The second-order valence-corrected chi connectivity index (χ2v) is 8.33. The largest absolute Gasteiger partial charge is 0.243 e. The van der Waals surface area contributed by atoms with Crippen molar-refractivity contribution in [3.8, 4) is 0 Å². The minimum absolute atomic E-state index is 0.157. The van der Waals surface area contributed by atoms with Gasteiger partial charge >= 0.3 is 0 Å². The molecule has 0 N–H and O–H groups in total. The molecule has 1 atom stereocenters. The molecular weight excluding hydrogens is 318 g/mol. The lowest BCUT2D eigenvalue weighted by atomic mass is 10.0. The fraction of sp³-hybridized carbons (Fsp3) is 0.200. The van der Waals surface area contributed by atoms with E-state index in [-0.39, 0.29) is 6.04 Å². The van der Waals surface area contributed by atoms with E-state index >= 15 is 0 Å².